The number of hydrogen-bond donors (Lipinski definition) is 0. The van der Waals surface area contributed by atoms with Gasteiger partial charge in [-0.05, 0) is 76.2 Å². The van der Waals surface area contributed by atoms with E-state index in [1.807, 2.05) is 18.2 Å². The highest BCUT2D eigenvalue weighted by atomic mass is 19.3. The van der Waals surface area contributed by atoms with Crippen LogP contribution in [0.5, 0.6) is 5.75 Å². The predicted octanol–water partition coefficient (Wildman–Crippen LogP) is 9.57. The molecule has 0 aliphatic carbocycles. The Bertz CT molecular complexity index is 1260. The van der Waals surface area contributed by atoms with Gasteiger partial charge in [0.05, 0.1) is 5.56 Å². The molecule has 0 aliphatic rings. The van der Waals surface area contributed by atoms with E-state index in [-0.39, 0.29) is 16.9 Å². The number of rotatable bonds is 10. The SMILES string of the molecule is CCCCCCCc1ccc2cc(-c3cc(F)c(-c4ccc(OC(F)F)cc4)c(F)c3)ccc2c1. The molecule has 0 aromatic heterocycles. The number of halogens is 4. The summed E-state index contributed by atoms with van der Waals surface area (Å²) in [5, 5.41) is 2.11. The molecule has 182 valence electrons. The summed E-state index contributed by atoms with van der Waals surface area (Å²) in [6.45, 7) is -0.748. The third kappa shape index (κ3) is 6.21. The molecule has 0 saturated heterocycles. The van der Waals surface area contributed by atoms with Crippen LogP contribution in [0.15, 0.2) is 72.8 Å². The van der Waals surface area contributed by atoms with E-state index in [1.54, 1.807) is 0 Å². The highest BCUT2D eigenvalue weighted by molar-refractivity contribution is 5.88. The van der Waals surface area contributed by atoms with Crippen LogP contribution in [0.2, 0.25) is 0 Å². The first-order chi connectivity index (χ1) is 16.9. The fourth-order valence-electron chi connectivity index (χ4n) is 4.38. The van der Waals surface area contributed by atoms with Gasteiger partial charge in [0.15, 0.2) is 0 Å². The maximum Gasteiger partial charge on any atom is 0.387 e. The van der Waals surface area contributed by atoms with Crippen molar-refractivity contribution in [2.45, 2.75) is 52.1 Å². The van der Waals surface area contributed by atoms with Crippen molar-refractivity contribution in [3.05, 3.63) is 90.0 Å². The molecule has 0 fully saturated rings. The molecule has 0 amide bonds. The van der Waals surface area contributed by atoms with Gasteiger partial charge < -0.3 is 4.74 Å². The van der Waals surface area contributed by atoms with Crippen molar-refractivity contribution in [3.8, 4) is 28.0 Å². The largest absolute Gasteiger partial charge is 0.435 e. The minimum absolute atomic E-state index is 0.0722. The van der Waals surface area contributed by atoms with Crippen molar-refractivity contribution in [1.82, 2.24) is 0 Å². The topological polar surface area (TPSA) is 9.23 Å². The third-order valence-electron chi connectivity index (χ3n) is 6.22. The summed E-state index contributed by atoms with van der Waals surface area (Å²) < 4.78 is 58.9. The number of aryl methyl sites for hydroxylation is 1. The lowest BCUT2D eigenvalue weighted by atomic mass is 9.96. The lowest BCUT2D eigenvalue weighted by Gasteiger charge is -2.11. The van der Waals surface area contributed by atoms with Gasteiger partial charge in [-0.15, -0.1) is 0 Å². The fraction of sp³-hybridized carbons (Fsp3) is 0.267. The number of ether oxygens (including phenoxy) is 1. The summed E-state index contributed by atoms with van der Waals surface area (Å²) >= 11 is 0. The van der Waals surface area contributed by atoms with Gasteiger partial charge in [-0.25, -0.2) is 8.78 Å². The molecule has 0 spiro atoms. The summed E-state index contributed by atoms with van der Waals surface area (Å²) in [4.78, 5) is 0. The zero-order chi connectivity index (χ0) is 24.8. The van der Waals surface area contributed by atoms with Gasteiger partial charge in [0, 0.05) is 0 Å². The maximum absolute atomic E-state index is 15.0. The van der Waals surface area contributed by atoms with Gasteiger partial charge >= 0.3 is 6.61 Å². The average Bonchev–Trinajstić information content (AvgIpc) is 2.84. The van der Waals surface area contributed by atoms with Crippen molar-refractivity contribution in [2.24, 2.45) is 0 Å². The minimum atomic E-state index is -2.96. The molecule has 0 N–H and O–H groups in total. The van der Waals surface area contributed by atoms with Crippen molar-refractivity contribution in [3.63, 3.8) is 0 Å². The van der Waals surface area contributed by atoms with E-state index in [2.05, 4.69) is 29.9 Å². The highest BCUT2D eigenvalue weighted by Crippen LogP contribution is 2.33. The van der Waals surface area contributed by atoms with Gasteiger partial charge in [-0.1, -0.05) is 75.1 Å². The van der Waals surface area contributed by atoms with Gasteiger partial charge in [0.25, 0.3) is 0 Å². The summed E-state index contributed by atoms with van der Waals surface area (Å²) in [6, 6.07) is 20.0. The molecule has 0 saturated carbocycles. The molecule has 4 rings (SSSR count). The Kier molecular flexibility index (Phi) is 8.06. The van der Waals surface area contributed by atoms with E-state index in [9.17, 15) is 17.6 Å². The number of unbranched alkanes of at least 4 members (excludes halogenated alkanes) is 4. The van der Waals surface area contributed by atoms with Crippen molar-refractivity contribution in [1.29, 1.82) is 0 Å². The number of benzene rings is 4. The Morgan fingerprint density at radius 2 is 1.29 bits per heavy atom. The van der Waals surface area contributed by atoms with Crippen LogP contribution in [0.1, 0.15) is 44.6 Å². The van der Waals surface area contributed by atoms with Gasteiger partial charge in [-0.3, -0.25) is 0 Å². The fourth-order valence-corrected chi connectivity index (χ4v) is 4.38. The van der Waals surface area contributed by atoms with Crippen LogP contribution >= 0.6 is 0 Å². The monoisotopic (exact) mass is 480 g/mol. The first-order valence-electron chi connectivity index (χ1n) is 12.0. The summed E-state index contributed by atoms with van der Waals surface area (Å²) in [5.74, 6) is -1.51. The summed E-state index contributed by atoms with van der Waals surface area (Å²) in [7, 11) is 0. The van der Waals surface area contributed by atoms with Crippen LogP contribution < -0.4 is 4.74 Å². The standard InChI is InChI=1S/C30H28F4O/c1-2-3-4-5-6-7-20-8-9-23-17-24(11-10-22(23)16-20)25-18-27(31)29(28(32)19-25)21-12-14-26(15-13-21)35-30(33)34/h8-19,30H,2-7H2,1H3. The third-order valence-corrected chi connectivity index (χ3v) is 6.22. The molecule has 0 heterocycles. The second-order valence-corrected chi connectivity index (χ2v) is 8.78. The minimum Gasteiger partial charge on any atom is -0.435 e. The summed E-state index contributed by atoms with van der Waals surface area (Å²) in [5.41, 5.74) is 2.49. The molecule has 0 bridgehead atoms. The molecule has 0 unspecified atom stereocenters. The number of hydrogen-bond acceptors (Lipinski definition) is 1. The Morgan fingerprint density at radius 3 is 1.97 bits per heavy atom. The molecular formula is C30H28F4O. The van der Waals surface area contributed by atoms with Crippen LogP contribution in [0.4, 0.5) is 17.6 Å². The van der Waals surface area contributed by atoms with Crippen LogP contribution in [-0.2, 0) is 6.42 Å². The smallest absolute Gasteiger partial charge is 0.387 e. The maximum atomic E-state index is 15.0. The van der Waals surface area contributed by atoms with E-state index < -0.39 is 18.2 Å². The second kappa shape index (κ2) is 11.4. The quantitative estimate of drug-likeness (QED) is 0.162. The molecular weight excluding hydrogens is 452 g/mol. The average molecular weight is 481 g/mol. The molecule has 0 aliphatic heterocycles. The normalized spacial score (nSPS) is 11.4. The Balaban J connectivity index is 1.54. The highest BCUT2D eigenvalue weighted by Gasteiger charge is 2.15. The van der Waals surface area contributed by atoms with Crippen molar-refractivity contribution >= 4 is 10.8 Å². The van der Waals surface area contributed by atoms with E-state index in [1.165, 1.54) is 74.1 Å². The second-order valence-electron chi connectivity index (χ2n) is 8.78. The Hall–Kier alpha value is -3.34. The zero-order valence-corrected chi connectivity index (χ0v) is 19.7. The van der Waals surface area contributed by atoms with Gasteiger partial charge in [0.2, 0.25) is 0 Å². The molecule has 4 aromatic carbocycles. The zero-order valence-electron chi connectivity index (χ0n) is 19.7. The van der Waals surface area contributed by atoms with Crippen LogP contribution in [0.25, 0.3) is 33.0 Å². The van der Waals surface area contributed by atoms with Crippen LogP contribution in [0, 0.1) is 11.6 Å². The Labute approximate surface area is 203 Å². The lowest BCUT2D eigenvalue weighted by Crippen LogP contribution is -2.01. The van der Waals surface area contributed by atoms with Crippen molar-refractivity contribution in [2.75, 3.05) is 0 Å². The molecule has 0 atom stereocenters. The van der Waals surface area contributed by atoms with E-state index >= 15 is 0 Å². The number of alkyl halides is 2. The van der Waals surface area contributed by atoms with E-state index in [0.717, 1.165) is 22.8 Å². The molecule has 5 heteroatoms. The molecule has 35 heavy (non-hydrogen) atoms. The van der Waals surface area contributed by atoms with Crippen LogP contribution in [-0.4, -0.2) is 6.61 Å². The number of fused-ring (bicyclic) bond motifs is 1. The molecule has 4 aromatic rings. The Morgan fingerprint density at radius 1 is 0.657 bits per heavy atom. The molecule has 1 nitrogen and oxygen atoms in total. The molecule has 0 radical (unpaired) electrons. The lowest BCUT2D eigenvalue weighted by molar-refractivity contribution is -0.0498. The van der Waals surface area contributed by atoms with Gasteiger partial charge in [-0.2, -0.15) is 8.78 Å². The van der Waals surface area contributed by atoms with Gasteiger partial charge in [0.1, 0.15) is 17.4 Å². The summed E-state index contributed by atoms with van der Waals surface area (Å²) in [6.07, 6.45) is 7.26. The van der Waals surface area contributed by atoms with E-state index in [4.69, 9.17) is 0 Å². The predicted molar refractivity (Wildman–Crippen MR) is 134 cm³/mol. The van der Waals surface area contributed by atoms with Crippen LogP contribution in [0.3, 0.4) is 0 Å². The first-order valence-corrected chi connectivity index (χ1v) is 12.0. The first kappa shape index (κ1) is 24.8. The van der Waals surface area contributed by atoms with E-state index in [0.29, 0.717) is 5.56 Å². The van der Waals surface area contributed by atoms with Crippen molar-refractivity contribution < 1.29 is 22.3 Å².